The second kappa shape index (κ2) is 18.5. The third-order valence-corrected chi connectivity index (χ3v) is 16.7. The summed E-state index contributed by atoms with van der Waals surface area (Å²) >= 11 is 1.73. The van der Waals surface area contributed by atoms with Crippen LogP contribution in [0.2, 0.25) is 0 Å². The molecule has 1 aliphatic carbocycles. The van der Waals surface area contributed by atoms with E-state index in [2.05, 4.69) is 0 Å². The molecule has 6 aromatic carbocycles. The molecule has 2 atom stereocenters. The van der Waals surface area contributed by atoms with Crippen molar-refractivity contribution < 1.29 is 64.6 Å². The van der Waals surface area contributed by atoms with E-state index in [4.69, 9.17) is 9.47 Å². The maximum absolute atomic E-state index is 16.6. The summed E-state index contributed by atoms with van der Waals surface area (Å²) in [5.41, 5.74) is -2.32. The Labute approximate surface area is 442 Å². The quantitative estimate of drug-likeness (QED) is 0.0672. The highest BCUT2D eigenvalue weighted by molar-refractivity contribution is 7.16. The molecular weight excluding hydrogens is 1040 g/mol. The number of methoxy groups -OCH3 is 2. The lowest BCUT2D eigenvalue weighted by Crippen LogP contribution is -2.52. The largest absolute Gasteiger partial charge is 0.467 e. The lowest BCUT2D eigenvalue weighted by atomic mass is 9.89. The lowest BCUT2D eigenvalue weighted by Gasteiger charge is -2.32. The van der Waals surface area contributed by atoms with Crippen LogP contribution < -0.4 is 0 Å². The molecule has 388 valence electrons. The number of rotatable bonds is 12. The van der Waals surface area contributed by atoms with Gasteiger partial charge < -0.3 is 9.47 Å². The van der Waals surface area contributed by atoms with Crippen LogP contribution in [0.1, 0.15) is 73.4 Å². The number of hydrogen-bond acceptors (Lipinski definition) is 10. The van der Waals surface area contributed by atoms with E-state index in [-0.39, 0.29) is 76.5 Å². The first-order chi connectivity index (χ1) is 36.7. The van der Waals surface area contributed by atoms with E-state index >= 15 is 26.3 Å². The molecule has 4 heterocycles. The predicted molar refractivity (Wildman–Crippen MR) is 279 cm³/mol. The number of halogens is 6. The van der Waals surface area contributed by atoms with Crippen LogP contribution in [0.15, 0.2) is 133 Å². The average molecular weight is 1080 g/mol. The molecular formula is C59H40F6N2O8S2. The molecule has 10 nitrogen and oxygen atoms in total. The first-order valence-corrected chi connectivity index (χ1v) is 25.6. The highest BCUT2D eigenvalue weighted by Crippen LogP contribution is 2.66. The number of amides is 4. The number of benzene rings is 6. The third-order valence-electron chi connectivity index (χ3n) is 14.6. The van der Waals surface area contributed by atoms with Gasteiger partial charge in [-0.05, 0) is 94.4 Å². The summed E-state index contributed by atoms with van der Waals surface area (Å²) in [7, 11) is 2.27. The standard InChI is InChI=1S/C59H40F6N2O8S2/c1-29-41(27-45(76-29)33-21-23-39-47-35(33)17-11-19-37(47)51(68)66(53(39)70)43(55(72)74-3)25-31-13-7-5-8-14-31)49-50(58(62,63)59(64,65)57(49,60)61)42-28-46(77-30(42)2)34-22-24-40-48-36(34)18-12-20-38(48)52(69)67(54(40)71)44(56(73)75-4)26-32-15-9-6-10-16-32/h5-24,27-28,43-44H,25-26H2,1-4H3/t43-,44-/m0/s1. The predicted octanol–water partition coefficient (Wildman–Crippen LogP) is 12.7. The number of imide groups is 2. The molecule has 0 saturated heterocycles. The maximum Gasteiger partial charge on any atom is 0.380 e. The molecule has 0 N–H and O–H groups in total. The molecule has 0 fully saturated rings. The molecule has 18 heteroatoms. The fraction of sp³-hybridized carbons (Fsp3) is 0.186. The molecule has 0 spiro atoms. The smallest absolute Gasteiger partial charge is 0.380 e. The number of esters is 2. The Bertz CT molecular complexity index is 3610. The number of carbonyl (C=O) groups excluding carboxylic acids is 6. The molecule has 0 unspecified atom stereocenters. The van der Waals surface area contributed by atoms with E-state index in [1.807, 2.05) is 0 Å². The van der Waals surface area contributed by atoms with Gasteiger partial charge in [0.2, 0.25) is 0 Å². The van der Waals surface area contributed by atoms with Gasteiger partial charge in [0, 0.05) is 76.5 Å². The number of aryl methyl sites for hydroxylation is 2. The Balaban J connectivity index is 0.996. The highest BCUT2D eigenvalue weighted by atomic mass is 32.1. The summed E-state index contributed by atoms with van der Waals surface area (Å²) in [4.78, 5) is 85.7. The first kappa shape index (κ1) is 50.9. The normalized spacial score (nSPS) is 17.1. The van der Waals surface area contributed by atoms with Crippen molar-refractivity contribution >= 4 is 90.9 Å². The van der Waals surface area contributed by atoms with Crippen LogP contribution in [0.25, 0.3) is 53.6 Å². The van der Waals surface area contributed by atoms with E-state index in [1.165, 1.54) is 62.4 Å². The first-order valence-electron chi connectivity index (χ1n) is 23.9. The van der Waals surface area contributed by atoms with E-state index in [9.17, 15) is 28.8 Å². The summed E-state index contributed by atoms with van der Waals surface area (Å²) in [6, 6.07) is 31.9. The topological polar surface area (TPSA) is 127 Å². The van der Waals surface area contributed by atoms with Gasteiger partial charge in [-0.3, -0.25) is 29.0 Å². The van der Waals surface area contributed by atoms with Gasteiger partial charge >= 0.3 is 29.7 Å². The lowest BCUT2D eigenvalue weighted by molar-refractivity contribution is -0.254. The number of allylic oxidation sites excluding steroid dienone is 2. The van der Waals surface area contributed by atoms with Crippen LogP contribution in [0.4, 0.5) is 26.3 Å². The van der Waals surface area contributed by atoms with Gasteiger partial charge in [0.15, 0.2) is 0 Å². The van der Waals surface area contributed by atoms with Gasteiger partial charge in [0.1, 0.15) is 12.1 Å². The Morgan fingerprint density at radius 1 is 0.468 bits per heavy atom. The summed E-state index contributed by atoms with van der Waals surface area (Å²) in [6.07, 6.45) is -0.103. The van der Waals surface area contributed by atoms with Crippen LogP contribution >= 0.6 is 22.7 Å². The van der Waals surface area contributed by atoms with Gasteiger partial charge in [-0.1, -0.05) is 97.1 Å². The van der Waals surface area contributed by atoms with Crippen molar-refractivity contribution in [2.24, 2.45) is 0 Å². The number of thiophene rings is 2. The number of nitrogens with zero attached hydrogens (tertiary/aromatic N) is 2. The van der Waals surface area contributed by atoms with E-state index in [0.717, 1.165) is 58.8 Å². The fourth-order valence-corrected chi connectivity index (χ4v) is 13.0. The minimum absolute atomic E-state index is 0.0143. The van der Waals surface area contributed by atoms with Crippen LogP contribution in [0.5, 0.6) is 0 Å². The van der Waals surface area contributed by atoms with Crippen LogP contribution in [-0.2, 0) is 31.9 Å². The molecule has 0 bridgehead atoms. The molecule has 77 heavy (non-hydrogen) atoms. The second-order valence-corrected chi connectivity index (χ2v) is 21.3. The minimum atomic E-state index is -5.90. The van der Waals surface area contributed by atoms with Gasteiger partial charge in [-0.15, -0.1) is 22.7 Å². The molecule has 8 aromatic rings. The molecule has 3 aliphatic rings. The summed E-state index contributed by atoms with van der Waals surface area (Å²) in [5, 5.41) is 0.938. The molecule has 0 radical (unpaired) electrons. The Morgan fingerprint density at radius 2 is 0.805 bits per heavy atom. The van der Waals surface area contributed by atoms with Gasteiger partial charge in [-0.25, -0.2) is 9.59 Å². The second-order valence-electron chi connectivity index (χ2n) is 18.8. The zero-order valence-electron chi connectivity index (χ0n) is 41.0. The Hall–Kier alpha value is -8.22. The molecule has 2 aliphatic heterocycles. The highest BCUT2D eigenvalue weighted by Gasteiger charge is 2.80. The van der Waals surface area contributed by atoms with Crippen molar-refractivity contribution in [3.63, 3.8) is 0 Å². The number of alkyl halides is 6. The summed E-state index contributed by atoms with van der Waals surface area (Å²) in [6.45, 7) is 2.68. The zero-order chi connectivity index (χ0) is 54.6. The maximum atomic E-state index is 16.6. The number of ether oxygens (including phenoxy) is 2. The van der Waals surface area contributed by atoms with E-state index in [0.29, 0.717) is 21.9 Å². The van der Waals surface area contributed by atoms with Crippen molar-refractivity contribution in [3.05, 3.63) is 188 Å². The van der Waals surface area contributed by atoms with Crippen molar-refractivity contribution in [2.45, 2.75) is 56.5 Å². The van der Waals surface area contributed by atoms with Crippen LogP contribution in [-0.4, -0.2) is 89.4 Å². The average Bonchev–Trinajstić information content (AvgIpc) is 4.23. The van der Waals surface area contributed by atoms with E-state index in [1.54, 1.807) is 72.8 Å². The van der Waals surface area contributed by atoms with E-state index < -0.39 is 87.7 Å². The van der Waals surface area contributed by atoms with Crippen molar-refractivity contribution in [1.29, 1.82) is 0 Å². The van der Waals surface area contributed by atoms with Gasteiger partial charge in [0.05, 0.1) is 14.2 Å². The van der Waals surface area contributed by atoms with Crippen molar-refractivity contribution in [3.8, 4) is 20.9 Å². The number of carbonyl (C=O) groups is 6. The van der Waals surface area contributed by atoms with Gasteiger partial charge in [-0.2, -0.15) is 26.3 Å². The minimum Gasteiger partial charge on any atom is -0.467 e. The van der Waals surface area contributed by atoms with Gasteiger partial charge in [0.25, 0.3) is 23.6 Å². The summed E-state index contributed by atoms with van der Waals surface area (Å²) in [5.74, 6) is -21.6. The Kier molecular flexibility index (Phi) is 12.2. The Morgan fingerprint density at radius 3 is 1.16 bits per heavy atom. The SMILES string of the molecule is COC(=O)[C@H](Cc1ccccc1)N1C(=O)c2cccc3c(-c4cc(C5=C(c6cc(-c7ccc8c9c(cccc79)C(=O)N([C@@H](Cc7ccccc7)C(=O)OC)C8=O)sc6C)C(F)(F)C(F)(F)C5(F)F)c(C)s4)ccc(c23)C1=O. The van der Waals surface area contributed by atoms with Crippen molar-refractivity contribution in [1.82, 2.24) is 9.80 Å². The fourth-order valence-electron chi connectivity index (χ4n) is 10.9. The molecule has 11 rings (SSSR count). The van der Waals surface area contributed by atoms with Crippen LogP contribution in [0, 0.1) is 13.8 Å². The molecule has 0 saturated carbocycles. The zero-order valence-corrected chi connectivity index (χ0v) is 42.6. The third kappa shape index (κ3) is 7.65. The monoisotopic (exact) mass is 1080 g/mol. The molecule has 2 aromatic heterocycles. The van der Waals surface area contributed by atoms with Crippen molar-refractivity contribution in [2.75, 3.05) is 14.2 Å². The summed E-state index contributed by atoms with van der Waals surface area (Å²) < 4.78 is 108. The molecule has 4 amide bonds. The van der Waals surface area contributed by atoms with Crippen LogP contribution in [0.3, 0.4) is 0 Å². The number of hydrogen-bond donors (Lipinski definition) is 0.